The van der Waals surface area contributed by atoms with E-state index < -0.39 is 10.1 Å². The van der Waals surface area contributed by atoms with E-state index in [0.29, 0.717) is 10.8 Å². The number of aliphatic imine (C=N–C) groups is 1. The van der Waals surface area contributed by atoms with E-state index in [-0.39, 0.29) is 16.1 Å². The fourth-order valence-electron chi connectivity index (χ4n) is 2.78. The smallest absolute Gasteiger partial charge is 0.294 e. The van der Waals surface area contributed by atoms with E-state index in [2.05, 4.69) is 4.99 Å². The largest absolute Gasteiger partial charge is 0.507 e. The average Bonchev–Trinajstić information content (AvgIpc) is 2.59. The molecule has 5 nitrogen and oxygen atoms in total. The van der Waals surface area contributed by atoms with Crippen LogP contribution in [0.5, 0.6) is 5.75 Å². The Morgan fingerprint density at radius 2 is 1.86 bits per heavy atom. The summed E-state index contributed by atoms with van der Waals surface area (Å²) >= 11 is 0. The van der Waals surface area contributed by atoms with Gasteiger partial charge in [-0.15, -0.1) is 0 Å². The van der Waals surface area contributed by atoms with E-state index in [4.69, 9.17) is 4.55 Å². The van der Waals surface area contributed by atoms with Crippen molar-refractivity contribution in [1.82, 2.24) is 0 Å². The quantitative estimate of drug-likeness (QED) is 0.792. The Labute approximate surface area is 122 Å². The highest BCUT2D eigenvalue weighted by molar-refractivity contribution is 7.85. The molecule has 2 N–H and O–H groups in total. The van der Waals surface area contributed by atoms with Crippen molar-refractivity contribution in [3.05, 3.63) is 29.8 Å². The third-order valence-electron chi connectivity index (χ3n) is 4.16. The Kier molecular flexibility index (Phi) is 2.71. The Balaban J connectivity index is 2.43. The van der Waals surface area contributed by atoms with Crippen molar-refractivity contribution in [1.29, 1.82) is 0 Å². The normalized spacial score (nSPS) is 16.9. The van der Waals surface area contributed by atoms with Crippen LogP contribution in [-0.4, -0.2) is 23.8 Å². The molecule has 0 radical (unpaired) electrons. The molecule has 0 unspecified atom stereocenters. The van der Waals surface area contributed by atoms with Crippen molar-refractivity contribution in [2.24, 2.45) is 4.99 Å². The SMILES string of the molecule is CC1=Nc2ccc3cc(S(=O)(=O)O)cc(O)c3c2C1(C)C. The third-order valence-corrected chi connectivity index (χ3v) is 5.00. The number of phenols is 1. The molecule has 1 aliphatic rings. The molecule has 0 fully saturated rings. The van der Waals surface area contributed by atoms with Gasteiger partial charge in [0, 0.05) is 28.1 Å². The molecule has 1 heterocycles. The lowest BCUT2D eigenvalue weighted by molar-refractivity contribution is 0.470. The zero-order chi connectivity index (χ0) is 15.6. The van der Waals surface area contributed by atoms with Gasteiger partial charge < -0.3 is 5.11 Å². The van der Waals surface area contributed by atoms with Crippen LogP contribution in [-0.2, 0) is 15.5 Å². The molecule has 0 amide bonds. The van der Waals surface area contributed by atoms with Crippen LogP contribution in [0.3, 0.4) is 0 Å². The molecule has 0 saturated carbocycles. The van der Waals surface area contributed by atoms with Crippen LogP contribution in [0.2, 0.25) is 0 Å². The first-order chi connectivity index (χ1) is 9.62. The molecule has 2 aromatic carbocycles. The van der Waals surface area contributed by atoms with Gasteiger partial charge in [-0.1, -0.05) is 19.9 Å². The molecule has 0 aromatic heterocycles. The minimum absolute atomic E-state index is 0.171. The first-order valence-corrected chi connectivity index (χ1v) is 7.90. The van der Waals surface area contributed by atoms with Gasteiger partial charge in [-0.2, -0.15) is 8.42 Å². The first kappa shape index (κ1) is 14.0. The molecule has 21 heavy (non-hydrogen) atoms. The number of nitrogens with zero attached hydrogens (tertiary/aromatic N) is 1. The molecule has 0 saturated heterocycles. The summed E-state index contributed by atoms with van der Waals surface area (Å²) in [4.78, 5) is 4.19. The third kappa shape index (κ3) is 1.94. The monoisotopic (exact) mass is 305 g/mol. The molecule has 0 spiro atoms. The molecule has 1 aliphatic heterocycles. The number of rotatable bonds is 1. The second kappa shape index (κ2) is 4.05. The van der Waals surface area contributed by atoms with E-state index in [1.54, 1.807) is 12.1 Å². The zero-order valence-electron chi connectivity index (χ0n) is 11.9. The highest BCUT2D eigenvalue weighted by Crippen LogP contribution is 2.47. The molecular formula is C15H15NO4S. The summed E-state index contributed by atoms with van der Waals surface area (Å²) in [6.45, 7) is 5.94. The van der Waals surface area contributed by atoms with Gasteiger partial charge in [0.05, 0.1) is 10.6 Å². The summed E-state index contributed by atoms with van der Waals surface area (Å²) in [7, 11) is -4.36. The Morgan fingerprint density at radius 3 is 2.48 bits per heavy atom. The number of hydrogen-bond acceptors (Lipinski definition) is 4. The van der Waals surface area contributed by atoms with Crippen molar-refractivity contribution < 1.29 is 18.1 Å². The maximum Gasteiger partial charge on any atom is 0.294 e. The van der Waals surface area contributed by atoms with E-state index in [9.17, 15) is 13.5 Å². The fraction of sp³-hybridized carbons (Fsp3) is 0.267. The second-order valence-electron chi connectivity index (χ2n) is 5.80. The van der Waals surface area contributed by atoms with Gasteiger partial charge in [0.25, 0.3) is 10.1 Å². The minimum Gasteiger partial charge on any atom is -0.507 e. The lowest BCUT2D eigenvalue weighted by Crippen LogP contribution is -2.23. The highest BCUT2D eigenvalue weighted by Gasteiger charge is 2.35. The maximum atomic E-state index is 11.3. The summed E-state index contributed by atoms with van der Waals surface area (Å²) in [6, 6.07) is 5.92. The summed E-state index contributed by atoms with van der Waals surface area (Å²) in [5.74, 6) is -0.171. The van der Waals surface area contributed by atoms with Gasteiger partial charge >= 0.3 is 0 Å². The van der Waals surface area contributed by atoms with Crippen molar-refractivity contribution in [2.75, 3.05) is 0 Å². The van der Waals surface area contributed by atoms with E-state index in [0.717, 1.165) is 23.0 Å². The van der Waals surface area contributed by atoms with Gasteiger partial charge in [0.15, 0.2) is 0 Å². The summed E-state index contributed by atoms with van der Waals surface area (Å²) in [5, 5.41) is 11.4. The van der Waals surface area contributed by atoms with Gasteiger partial charge in [-0.25, -0.2) is 0 Å². The van der Waals surface area contributed by atoms with Crippen LogP contribution in [0.4, 0.5) is 5.69 Å². The number of hydrogen-bond donors (Lipinski definition) is 2. The Bertz CT molecular complexity index is 911. The lowest BCUT2D eigenvalue weighted by Gasteiger charge is -2.22. The van der Waals surface area contributed by atoms with Crippen LogP contribution in [0.15, 0.2) is 34.2 Å². The molecule has 0 atom stereocenters. The van der Waals surface area contributed by atoms with E-state index in [1.807, 2.05) is 20.8 Å². The summed E-state index contributed by atoms with van der Waals surface area (Å²) < 4.78 is 31.7. The van der Waals surface area contributed by atoms with E-state index >= 15 is 0 Å². The van der Waals surface area contributed by atoms with Crippen LogP contribution in [0.1, 0.15) is 26.3 Å². The highest BCUT2D eigenvalue weighted by atomic mass is 32.2. The zero-order valence-corrected chi connectivity index (χ0v) is 12.7. The van der Waals surface area contributed by atoms with Crippen LogP contribution in [0.25, 0.3) is 10.8 Å². The predicted octanol–water partition coefficient (Wildman–Crippen LogP) is 3.18. The first-order valence-electron chi connectivity index (χ1n) is 6.46. The summed E-state index contributed by atoms with van der Waals surface area (Å²) in [5.41, 5.74) is 2.24. The van der Waals surface area contributed by atoms with Crippen molar-refractivity contribution in [3.63, 3.8) is 0 Å². The molecule has 0 aliphatic carbocycles. The maximum absolute atomic E-state index is 11.3. The Morgan fingerprint density at radius 1 is 1.19 bits per heavy atom. The van der Waals surface area contributed by atoms with Gasteiger partial charge in [-0.3, -0.25) is 9.55 Å². The van der Waals surface area contributed by atoms with Crippen LogP contribution < -0.4 is 0 Å². The van der Waals surface area contributed by atoms with Gasteiger partial charge in [0.2, 0.25) is 0 Å². The van der Waals surface area contributed by atoms with Gasteiger partial charge in [0.1, 0.15) is 5.75 Å². The van der Waals surface area contributed by atoms with Crippen molar-refractivity contribution in [3.8, 4) is 5.75 Å². The molecule has 110 valence electrons. The van der Waals surface area contributed by atoms with Crippen LogP contribution >= 0.6 is 0 Å². The van der Waals surface area contributed by atoms with Crippen molar-refractivity contribution in [2.45, 2.75) is 31.1 Å². The lowest BCUT2D eigenvalue weighted by atomic mass is 9.79. The molecule has 6 heteroatoms. The predicted molar refractivity (Wildman–Crippen MR) is 81.2 cm³/mol. The van der Waals surface area contributed by atoms with Gasteiger partial charge in [-0.05, 0) is 24.4 Å². The molecule has 0 bridgehead atoms. The minimum atomic E-state index is -4.36. The fourth-order valence-corrected chi connectivity index (χ4v) is 3.32. The summed E-state index contributed by atoms with van der Waals surface area (Å²) in [6.07, 6.45) is 0. The molecular weight excluding hydrogens is 290 g/mol. The molecule has 2 aromatic rings. The topological polar surface area (TPSA) is 87.0 Å². The van der Waals surface area contributed by atoms with Crippen molar-refractivity contribution >= 4 is 32.3 Å². The average molecular weight is 305 g/mol. The number of aromatic hydroxyl groups is 1. The number of fused-ring (bicyclic) bond motifs is 3. The number of benzene rings is 2. The standard InChI is InChI=1S/C15H15NO4S/c1-8-15(2,3)14-11(16-8)5-4-9-6-10(21(18,19)20)7-12(17)13(9)14/h4-7,17H,1-3H3,(H,18,19,20). The molecule has 3 rings (SSSR count). The second-order valence-corrected chi connectivity index (χ2v) is 7.22. The Hall–Kier alpha value is -1.92. The number of phenolic OH excluding ortho intramolecular Hbond substituents is 1. The van der Waals surface area contributed by atoms with E-state index in [1.165, 1.54) is 6.07 Å². The van der Waals surface area contributed by atoms with Crippen LogP contribution in [0, 0.1) is 0 Å².